The van der Waals surface area contributed by atoms with E-state index in [1.54, 1.807) is 17.1 Å². The van der Waals surface area contributed by atoms with Crippen LogP contribution in [0.2, 0.25) is 5.02 Å². The molecule has 1 aromatic rings. The predicted octanol–water partition coefficient (Wildman–Crippen LogP) is 3.49. The van der Waals surface area contributed by atoms with Gasteiger partial charge in [0.25, 0.3) is 0 Å². The van der Waals surface area contributed by atoms with Crippen LogP contribution in [0.5, 0.6) is 0 Å². The molecule has 1 spiro atoms. The molecular formula is C16H16ClN3O3S2. The van der Waals surface area contributed by atoms with E-state index in [1.807, 2.05) is 31.0 Å². The van der Waals surface area contributed by atoms with Crippen molar-refractivity contribution in [1.82, 2.24) is 4.90 Å². The maximum absolute atomic E-state index is 12.1. The number of carbonyl (C=O) groups excluding carboxylic acids is 2. The summed E-state index contributed by atoms with van der Waals surface area (Å²) >= 11 is 8.74. The zero-order valence-electron chi connectivity index (χ0n) is 14.1. The Morgan fingerprint density at radius 1 is 1.32 bits per heavy atom. The summed E-state index contributed by atoms with van der Waals surface area (Å²) in [5.41, 5.74) is 1.55. The Kier molecular flexibility index (Phi) is 4.78. The Bertz CT molecular complexity index is 827. The first kappa shape index (κ1) is 18.2. The van der Waals surface area contributed by atoms with Gasteiger partial charge in [0, 0.05) is 17.8 Å². The number of hydrogen-bond acceptors (Lipinski definition) is 8. The first-order valence-electron chi connectivity index (χ1n) is 7.36. The molecule has 3 rings (SSSR count). The van der Waals surface area contributed by atoms with Crippen LogP contribution in [0.1, 0.15) is 13.8 Å². The van der Waals surface area contributed by atoms with Gasteiger partial charge >= 0.3 is 5.97 Å². The molecule has 9 heteroatoms. The monoisotopic (exact) mass is 397 g/mol. The largest absolute Gasteiger partial charge is 0.464 e. The third-order valence-corrected chi connectivity index (χ3v) is 7.30. The molecule has 1 aromatic carbocycles. The number of carbonyl (C=O) groups is 2. The lowest BCUT2D eigenvalue weighted by Gasteiger charge is -2.39. The summed E-state index contributed by atoms with van der Waals surface area (Å²) in [5, 5.41) is 6.95. The topological polar surface area (TPSA) is 62.2 Å². The molecule has 132 valence electrons. The van der Waals surface area contributed by atoms with E-state index in [-0.39, 0.29) is 10.8 Å². The van der Waals surface area contributed by atoms with E-state index in [2.05, 4.69) is 5.10 Å². The van der Waals surface area contributed by atoms with Crippen LogP contribution in [-0.4, -0.2) is 40.2 Å². The van der Waals surface area contributed by atoms with E-state index >= 15 is 0 Å². The van der Waals surface area contributed by atoms with Crippen molar-refractivity contribution in [2.75, 3.05) is 19.2 Å². The van der Waals surface area contributed by atoms with Crippen LogP contribution >= 0.6 is 35.1 Å². The molecule has 0 amide bonds. The van der Waals surface area contributed by atoms with Gasteiger partial charge in [0.1, 0.15) is 0 Å². The van der Waals surface area contributed by atoms with Crippen molar-refractivity contribution in [3.8, 4) is 0 Å². The number of thioether (sulfide) groups is 2. The van der Waals surface area contributed by atoms with Crippen LogP contribution in [0.3, 0.4) is 0 Å². The Balaban J connectivity index is 2.10. The molecule has 6 nitrogen and oxygen atoms in total. The number of ketones is 1. The minimum Gasteiger partial charge on any atom is -0.464 e. The minimum absolute atomic E-state index is 0.0237. The summed E-state index contributed by atoms with van der Waals surface area (Å²) in [6, 6.07) is 7.20. The summed E-state index contributed by atoms with van der Waals surface area (Å²) in [7, 11) is 3.19. The molecule has 0 saturated heterocycles. The van der Waals surface area contributed by atoms with Crippen molar-refractivity contribution in [2.24, 2.45) is 5.10 Å². The average molecular weight is 398 g/mol. The zero-order valence-corrected chi connectivity index (χ0v) is 16.5. The Morgan fingerprint density at radius 3 is 2.60 bits per heavy atom. The maximum atomic E-state index is 12.1. The number of Topliss-reactive ketones (excluding diaryl/α,β-unsaturated/α-hetero) is 1. The van der Waals surface area contributed by atoms with Gasteiger partial charge in [-0.3, -0.25) is 4.79 Å². The van der Waals surface area contributed by atoms with Gasteiger partial charge in [0.2, 0.25) is 9.37 Å². The fourth-order valence-corrected chi connectivity index (χ4v) is 5.67. The molecule has 0 unspecified atom stereocenters. The van der Waals surface area contributed by atoms with Gasteiger partial charge in [-0.15, -0.1) is 0 Å². The van der Waals surface area contributed by atoms with Gasteiger partial charge in [0.15, 0.2) is 5.78 Å². The van der Waals surface area contributed by atoms with Crippen LogP contribution < -0.4 is 5.01 Å². The standard InChI is InChI=1S/C16H16ClN3O3S2/c1-9-13(10(2)21)24-16(19(9)3)20(12-7-5-6-11(17)8-12)18-14(25-16)15(22)23-4/h5-8H,1-4H3/t16-/m1/s1. The van der Waals surface area contributed by atoms with E-state index in [1.165, 1.54) is 37.6 Å². The first-order chi connectivity index (χ1) is 11.8. The number of allylic oxidation sites excluding steroid dienone is 2. The number of hydrogen-bond donors (Lipinski definition) is 0. The van der Waals surface area contributed by atoms with Crippen LogP contribution in [0.15, 0.2) is 40.0 Å². The van der Waals surface area contributed by atoms with Crippen molar-refractivity contribution < 1.29 is 14.3 Å². The summed E-state index contributed by atoms with van der Waals surface area (Å²) in [4.78, 5) is 26.7. The smallest absolute Gasteiger partial charge is 0.365 e. The lowest BCUT2D eigenvalue weighted by molar-refractivity contribution is -0.132. The fourth-order valence-electron chi connectivity index (χ4n) is 2.58. The highest BCUT2D eigenvalue weighted by Gasteiger charge is 2.56. The van der Waals surface area contributed by atoms with E-state index in [0.29, 0.717) is 9.93 Å². The summed E-state index contributed by atoms with van der Waals surface area (Å²) in [6.45, 7) is 3.41. The summed E-state index contributed by atoms with van der Waals surface area (Å²) in [5.74, 6) is -0.541. The van der Waals surface area contributed by atoms with E-state index in [9.17, 15) is 9.59 Å². The lowest BCUT2D eigenvalue weighted by atomic mass is 10.3. The molecule has 2 aliphatic rings. The van der Waals surface area contributed by atoms with Crippen molar-refractivity contribution in [2.45, 2.75) is 18.2 Å². The quantitative estimate of drug-likeness (QED) is 0.723. The molecule has 0 N–H and O–H groups in total. The van der Waals surface area contributed by atoms with E-state index < -0.39 is 10.3 Å². The van der Waals surface area contributed by atoms with Crippen molar-refractivity contribution in [3.63, 3.8) is 0 Å². The molecule has 0 bridgehead atoms. The predicted molar refractivity (Wildman–Crippen MR) is 102 cm³/mol. The maximum Gasteiger partial charge on any atom is 0.365 e. The van der Waals surface area contributed by atoms with Gasteiger partial charge in [-0.1, -0.05) is 29.4 Å². The first-order valence-corrected chi connectivity index (χ1v) is 9.37. The second-order valence-corrected chi connectivity index (χ2v) is 8.51. The number of ether oxygens (including phenoxy) is 1. The van der Waals surface area contributed by atoms with Crippen LogP contribution in [0.4, 0.5) is 5.69 Å². The Hall–Kier alpha value is -1.64. The summed E-state index contributed by atoms with van der Waals surface area (Å²) in [6.07, 6.45) is 0. The number of methoxy groups -OCH3 is 1. The van der Waals surface area contributed by atoms with Crippen LogP contribution in [0.25, 0.3) is 0 Å². The Labute approximate surface area is 159 Å². The lowest BCUT2D eigenvalue weighted by Crippen LogP contribution is -2.47. The molecule has 0 saturated carbocycles. The van der Waals surface area contributed by atoms with Gasteiger partial charge in [-0.05, 0) is 43.8 Å². The average Bonchev–Trinajstić information content (AvgIpc) is 3.08. The number of halogens is 1. The van der Waals surface area contributed by atoms with Crippen LogP contribution in [-0.2, 0) is 14.3 Å². The van der Waals surface area contributed by atoms with Crippen molar-refractivity contribution >= 4 is 57.6 Å². The highest BCUT2D eigenvalue weighted by Crippen LogP contribution is 2.58. The van der Waals surface area contributed by atoms with Gasteiger partial charge < -0.3 is 9.64 Å². The van der Waals surface area contributed by atoms with Crippen LogP contribution in [0, 0.1) is 0 Å². The molecule has 2 heterocycles. The minimum atomic E-state index is -0.820. The number of anilines is 1. The van der Waals surface area contributed by atoms with Gasteiger partial charge in [-0.2, -0.15) is 5.10 Å². The number of rotatable bonds is 3. The highest BCUT2D eigenvalue weighted by molar-refractivity contribution is 8.28. The molecule has 0 aliphatic carbocycles. The molecule has 0 radical (unpaired) electrons. The second kappa shape index (κ2) is 6.59. The Morgan fingerprint density at radius 2 is 2.04 bits per heavy atom. The summed E-state index contributed by atoms with van der Waals surface area (Å²) < 4.78 is 4.01. The fraction of sp³-hybridized carbons (Fsp3) is 0.312. The number of hydrazone groups is 1. The SMILES string of the molecule is COC(=O)C1=NN(c2cccc(Cl)c2)[C@@]2(S1)SC(C(C)=O)=C(C)N2C. The number of nitrogens with zero attached hydrogens (tertiary/aromatic N) is 3. The second-order valence-electron chi connectivity index (χ2n) is 5.47. The highest BCUT2D eigenvalue weighted by atomic mass is 35.5. The molecule has 0 aromatic heterocycles. The molecule has 2 aliphatic heterocycles. The molecule has 1 atom stereocenters. The van der Waals surface area contributed by atoms with E-state index in [4.69, 9.17) is 16.3 Å². The van der Waals surface area contributed by atoms with Crippen molar-refractivity contribution in [1.29, 1.82) is 0 Å². The number of benzene rings is 1. The third kappa shape index (κ3) is 2.92. The normalized spacial score (nSPS) is 22.7. The number of esters is 1. The van der Waals surface area contributed by atoms with Crippen molar-refractivity contribution in [3.05, 3.63) is 39.9 Å². The third-order valence-electron chi connectivity index (χ3n) is 3.91. The molecule has 0 fully saturated rings. The van der Waals surface area contributed by atoms with Gasteiger partial charge in [0.05, 0.1) is 17.7 Å². The molecule has 25 heavy (non-hydrogen) atoms. The molecular weight excluding hydrogens is 382 g/mol. The zero-order chi connectivity index (χ0) is 18.4. The van der Waals surface area contributed by atoms with E-state index in [0.717, 1.165) is 11.4 Å². The van der Waals surface area contributed by atoms with Gasteiger partial charge in [-0.25, -0.2) is 9.80 Å².